The summed E-state index contributed by atoms with van der Waals surface area (Å²) in [7, 11) is 1.52. The van der Waals surface area contributed by atoms with Gasteiger partial charge < -0.3 is 10.5 Å². The van der Waals surface area contributed by atoms with Gasteiger partial charge in [-0.15, -0.1) is 11.3 Å². The van der Waals surface area contributed by atoms with Crippen LogP contribution in [0.3, 0.4) is 0 Å². The van der Waals surface area contributed by atoms with Crippen LogP contribution in [-0.2, 0) is 6.54 Å². The van der Waals surface area contributed by atoms with Crippen molar-refractivity contribution in [1.29, 1.82) is 0 Å². The zero-order valence-electron chi connectivity index (χ0n) is 8.87. The predicted molar refractivity (Wildman–Crippen MR) is 64.2 cm³/mol. The Hall–Kier alpha value is -1.39. The third-order valence-corrected chi connectivity index (χ3v) is 3.34. The molecule has 1 heterocycles. The third-order valence-electron chi connectivity index (χ3n) is 2.40. The normalized spacial score (nSPS) is 10.4. The fourth-order valence-corrected chi connectivity index (χ4v) is 2.35. The molecular formula is C12H12FNOS. The summed E-state index contributed by atoms with van der Waals surface area (Å²) in [6.45, 7) is 0.429. The molecule has 84 valence electrons. The Morgan fingerprint density at radius 2 is 2.12 bits per heavy atom. The van der Waals surface area contributed by atoms with Crippen LogP contribution < -0.4 is 10.5 Å². The maximum Gasteiger partial charge on any atom is 0.134 e. The van der Waals surface area contributed by atoms with Gasteiger partial charge in [-0.25, -0.2) is 4.39 Å². The van der Waals surface area contributed by atoms with Gasteiger partial charge in [-0.05, 0) is 29.1 Å². The predicted octanol–water partition coefficient (Wildman–Crippen LogP) is 3.02. The van der Waals surface area contributed by atoms with Crippen molar-refractivity contribution in [3.63, 3.8) is 0 Å². The molecule has 1 aromatic heterocycles. The van der Waals surface area contributed by atoms with Crippen LogP contribution in [0.15, 0.2) is 29.6 Å². The number of hydrogen-bond acceptors (Lipinski definition) is 3. The van der Waals surface area contributed by atoms with E-state index in [1.165, 1.54) is 13.2 Å². The van der Waals surface area contributed by atoms with Crippen LogP contribution in [0, 0.1) is 5.82 Å². The van der Waals surface area contributed by atoms with Gasteiger partial charge in [0.05, 0.1) is 7.11 Å². The average Bonchev–Trinajstić information content (AvgIpc) is 2.76. The average molecular weight is 237 g/mol. The number of hydrogen-bond donors (Lipinski definition) is 1. The van der Waals surface area contributed by atoms with Crippen molar-refractivity contribution in [2.45, 2.75) is 6.54 Å². The maximum atomic E-state index is 13.8. The number of methoxy groups -OCH3 is 1. The summed E-state index contributed by atoms with van der Waals surface area (Å²) in [5.74, 6) is 0.234. The Bertz CT molecular complexity index is 496. The van der Waals surface area contributed by atoms with Crippen molar-refractivity contribution in [3.05, 3.63) is 40.3 Å². The SMILES string of the molecule is COc1ccc(-c2ccsc2CN)c(F)c1. The van der Waals surface area contributed by atoms with Crippen molar-refractivity contribution in [3.8, 4) is 16.9 Å². The van der Waals surface area contributed by atoms with Crippen LogP contribution in [0.25, 0.3) is 11.1 Å². The fraction of sp³-hybridized carbons (Fsp3) is 0.167. The number of halogens is 1. The molecule has 0 amide bonds. The molecule has 0 unspecified atom stereocenters. The Labute approximate surface area is 97.5 Å². The lowest BCUT2D eigenvalue weighted by Crippen LogP contribution is -1.96. The van der Waals surface area contributed by atoms with Crippen molar-refractivity contribution >= 4 is 11.3 Å². The number of ether oxygens (including phenoxy) is 1. The van der Waals surface area contributed by atoms with Gasteiger partial charge in [0.15, 0.2) is 0 Å². The molecule has 0 aliphatic heterocycles. The summed E-state index contributed by atoms with van der Waals surface area (Å²) >= 11 is 1.54. The van der Waals surface area contributed by atoms with Crippen molar-refractivity contribution in [2.24, 2.45) is 5.73 Å². The summed E-state index contributed by atoms with van der Waals surface area (Å²) in [6, 6.07) is 6.73. The van der Waals surface area contributed by atoms with Gasteiger partial charge >= 0.3 is 0 Å². The molecule has 2 N–H and O–H groups in total. The molecule has 1 aromatic carbocycles. The van der Waals surface area contributed by atoms with E-state index >= 15 is 0 Å². The molecule has 0 aliphatic carbocycles. The highest BCUT2D eigenvalue weighted by atomic mass is 32.1. The largest absolute Gasteiger partial charge is 0.497 e. The molecule has 2 aromatic rings. The molecule has 0 saturated heterocycles. The Balaban J connectivity index is 2.48. The minimum absolute atomic E-state index is 0.285. The molecule has 0 aliphatic rings. The fourth-order valence-electron chi connectivity index (χ4n) is 1.58. The van der Waals surface area contributed by atoms with Crippen molar-refractivity contribution in [2.75, 3.05) is 7.11 Å². The van der Waals surface area contributed by atoms with Gasteiger partial charge in [-0.3, -0.25) is 0 Å². The van der Waals surface area contributed by atoms with E-state index < -0.39 is 0 Å². The summed E-state index contributed by atoms with van der Waals surface area (Å²) in [5.41, 5.74) is 7.04. The van der Waals surface area contributed by atoms with E-state index in [-0.39, 0.29) is 5.82 Å². The lowest BCUT2D eigenvalue weighted by atomic mass is 10.1. The highest BCUT2D eigenvalue weighted by Crippen LogP contribution is 2.31. The molecule has 0 bridgehead atoms. The first-order valence-electron chi connectivity index (χ1n) is 4.86. The van der Waals surface area contributed by atoms with Gasteiger partial charge in [0.2, 0.25) is 0 Å². The highest BCUT2D eigenvalue weighted by molar-refractivity contribution is 7.10. The highest BCUT2D eigenvalue weighted by Gasteiger charge is 2.10. The van der Waals surface area contributed by atoms with Crippen LogP contribution in [0.2, 0.25) is 0 Å². The summed E-state index contributed by atoms with van der Waals surface area (Å²) in [4.78, 5) is 0.990. The lowest BCUT2D eigenvalue weighted by Gasteiger charge is -2.06. The monoisotopic (exact) mass is 237 g/mol. The molecule has 0 radical (unpaired) electrons. The minimum Gasteiger partial charge on any atom is -0.497 e. The zero-order valence-corrected chi connectivity index (χ0v) is 9.68. The molecule has 2 rings (SSSR count). The van der Waals surface area contributed by atoms with Gasteiger partial charge in [-0.1, -0.05) is 0 Å². The van der Waals surface area contributed by atoms with E-state index in [1.54, 1.807) is 23.5 Å². The third kappa shape index (κ3) is 1.94. The molecule has 2 nitrogen and oxygen atoms in total. The Morgan fingerprint density at radius 1 is 1.31 bits per heavy atom. The van der Waals surface area contributed by atoms with E-state index in [0.29, 0.717) is 17.9 Å². The van der Waals surface area contributed by atoms with E-state index in [1.807, 2.05) is 11.4 Å². The zero-order chi connectivity index (χ0) is 11.5. The number of nitrogens with two attached hydrogens (primary N) is 1. The summed E-state index contributed by atoms with van der Waals surface area (Å²) in [6.07, 6.45) is 0. The van der Waals surface area contributed by atoms with Crippen LogP contribution in [0.1, 0.15) is 4.88 Å². The minimum atomic E-state index is -0.285. The quantitative estimate of drug-likeness (QED) is 0.890. The first kappa shape index (κ1) is 11.1. The molecule has 0 spiro atoms. The van der Waals surface area contributed by atoms with Gasteiger partial charge in [0, 0.05) is 23.1 Å². The maximum absolute atomic E-state index is 13.8. The summed E-state index contributed by atoms with van der Waals surface area (Å²) < 4.78 is 18.8. The Kier molecular flexibility index (Phi) is 3.22. The standard InChI is InChI=1S/C12H12FNOS/c1-15-8-2-3-9(11(13)6-8)10-4-5-16-12(10)7-14/h2-6H,7,14H2,1H3. The summed E-state index contributed by atoms with van der Waals surface area (Å²) in [5, 5.41) is 1.92. The van der Waals surface area contributed by atoms with E-state index in [4.69, 9.17) is 10.5 Å². The van der Waals surface area contributed by atoms with Gasteiger partial charge in [0.25, 0.3) is 0 Å². The van der Waals surface area contributed by atoms with Crippen LogP contribution in [0.5, 0.6) is 5.75 Å². The van der Waals surface area contributed by atoms with Gasteiger partial charge in [0.1, 0.15) is 11.6 Å². The lowest BCUT2D eigenvalue weighted by molar-refractivity contribution is 0.411. The van der Waals surface area contributed by atoms with E-state index in [9.17, 15) is 4.39 Å². The second kappa shape index (κ2) is 4.63. The van der Waals surface area contributed by atoms with Crippen molar-refractivity contribution in [1.82, 2.24) is 0 Å². The second-order valence-electron chi connectivity index (χ2n) is 3.31. The van der Waals surface area contributed by atoms with Crippen LogP contribution >= 0.6 is 11.3 Å². The first-order valence-corrected chi connectivity index (χ1v) is 5.74. The van der Waals surface area contributed by atoms with Crippen molar-refractivity contribution < 1.29 is 9.13 Å². The van der Waals surface area contributed by atoms with Crippen LogP contribution in [-0.4, -0.2) is 7.11 Å². The number of benzene rings is 1. The second-order valence-corrected chi connectivity index (χ2v) is 4.31. The Morgan fingerprint density at radius 3 is 2.75 bits per heavy atom. The number of rotatable bonds is 3. The topological polar surface area (TPSA) is 35.2 Å². The molecular weight excluding hydrogens is 225 g/mol. The molecule has 0 atom stereocenters. The van der Waals surface area contributed by atoms with E-state index in [2.05, 4.69) is 0 Å². The molecule has 16 heavy (non-hydrogen) atoms. The molecule has 4 heteroatoms. The van der Waals surface area contributed by atoms with Gasteiger partial charge in [-0.2, -0.15) is 0 Å². The molecule has 0 saturated carbocycles. The van der Waals surface area contributed by atoms with Crippen LogP contribution in [0.4, 0.5) is 4.39 Å². The number of thiophene rings is 1. The first-order chi connectivity index (χ1) is 7.76. The molecule has 0 fully saturated rings. The van der Waals surface area contributed by atoms with E-state index in [0.717, 1.165) is 10.4 Å². The smallest absolute Gasteiger partial charge is 0.134 e.